The first-order valence-corrected chi connectivity index (χ1v) is 6.68. The first-order chi connectivity index (χ1) is 9.02. The molecule has 0 unspecified atom stereocenters. The second-order valence-corrected chi connectivity index (χ2v) is 5.14. The number of piperazine rings is 1. The Morgan fingerprint density at radius 2 is 2.26 bits per heavy atom. The number of hydrogen-bond donors (Lipinski definition) is 1. The molecule has 0 bridgehead atoms. The van der Waals surface area contributed by atoms with Crippen molar-refractivity contribution in [1.29, 1.82) is 0 Å². The molecule has 1 atom stereocenters. The second-order valence-electron chi connectivity index (χ2n) is 5.14. The van der Waals surface area contributed by atoms with Crippen LogP contribution in [0.2, 0.25) is 0 Å². The van der Waals surface area contributed by atoms with E-state index in [2.05, 4.69) is 23.9 Å². The molecule has 1 aromatic rings. The van der Waals surface area contributed by atoms with Crippen LogP contribution in [0.3, 0.4) is 0 Å². The third-order valence-electron chi connectivity index (χ3n) is 3.79. The molecule has 1 aliphatic rings. The highest BCUT2D eigenvalue weighted by molar-refractivity contribution is 5.96. The van der Waals surface area contributed by atoms with Crippen LogP contribution in [0.1, 0.15) is 29.4 Å². The van der Waals surface area contributed by atoms with Crippen molar-refractivity contribution in [2.75, 3.05) is 26.7 Å². The van der Waals surface area contributed by atoms with Gasteiger partial charge >= 0.3 is 0 Å². The third-order valence-corrected chi connectivity index (χ3v) is 3.79. The Labute approximate surface area is 113 Å². The van der Waals surface area contributed by atoms with E-state index in [9.17, 15) is 9.90 Å². The molecule has 0 saturated carbocycles. The lowest BCUT2D eigenvalue weighted by Crippen LogP contribution is -2.53. The van der Waals surface area contributed by atoms with Gasteiger partial charge in [0.1, 0.15) is 5.75 Å². The first-order valence-electron chi connectivity index (χ1n) is 6.68. The van der Waals surface area contributed by atoms with Gasteiger partial charge in [0.05, 0.1) is 11.8 Å². The van der Waals surface area contributed by atoms with Crippen LogP contribution in [0, 0.1) is 6.92 Å². The van der Waals surface area contributed by atoms with Gasteiger partial charge in [0, 0.05) is 31.4 Å². The molecular formula is C14H21N3O2. The number of amides is 1. The summed E-state index contributed by atoms with van der Waals surface area (Å²) in [5.41, 5.74) is 1.09. The number of aromatic nitrogens is 1. The van der Waals surface area contributed by atoms with Gasteiger partial charge in [0.25, 0.3) is 5.91 Å². The predicted octanol–water partition coefficient (Wildman–Crippen LogP) is 1.26. The molecule has 0 spiro atoms. The minimum atomic E-state index is -0.102. The lowest BCUT2D eigenvalue weighted by Gasteiger charge is -2.39. The molecule has 5 nitrogen and oxygen atoms in total. The lowest BCUT2D eigenvalue weighted by atomic mass is 10.1. The fourth-order valence-corrected chi connectivity index (χ4v) is 2.47. The number of pyridine rings is 1. The van der Waals surface area contributed by atoms with Crippen LogP contribution >= 0.6 is 0 Å². The summed E-state index contributed by atoms with van der Waals surface area (Å²) in [7, 11) is 2.09. The van der Waals surface area contributed by atoms with Crippen molar-refractivity contribution >= 4 is 5.91 Å². The maximum absolute atomic E-state index is 12.5. The van der Waals surface area contributed by atoms with Gasteiger partial charge in [-0.3, -0.25) is 14.7 Å². The zero-order chi connectivity index (χ0) is 14.0. The third kappa shape index (κ3) is 2.87. The molecule has 1 fully saturated rings. The summed E-state index contributed by atoms with van der Waals surface area (Å²) < 4.78 is 0. The molecule has 1 aliphatic heterocycles. The second kappa shape index (κ2) is 5.57. The molecule has 0 aromatic carbocycles. The van der Waals surface area contributed by atoms with E-state index in [0.29, 0.717) is 24.7 Å². The van der Waals surface area contributed by atoms with E-state index in [1.807, 2.05) is 11.8 Å². The fraction of sp³-hybridized carbons (Fsp3) is 0.571. The Morgan fingerprint density at radius 3 is 2.95 bits per heavy atom. The van der Waals surface area contributed by atoms with Gasteiger partial charge in [-0.25, -0.2) is 0 Å². The summed E-state index contributed by atoms with van der Waals surface area (Å²) in [4.78, 5) is 20.5. The Hall–Kier alpha value is -1.62. The lowest BCUT2D eigenvalue weighted by molar-refractivity contribution is 0.0539. The van der Waals surface area contributed by atoms with Crippen LogP contribution < -0.4 is 0 Å². The maximum Gasteiger partial charge on any atom is 0.257 e. The molecule has 1 aromatic heterocycles. The average molecular weight is 263 g/mol. The Bertz CT molecular complexity index is 476. The molecule has 2 heterocycles. The highest BCUT2D eigenvalue weighted by Crippen LogP contribution is 2.20. The van der Waals surface area contributed by atoms with Crippen molar-refractivity contribution in [2.45, 2.75) is 26.3 Å². The minimum Gasteiger partial charge on any atom is -0.505 e. The topological polar surface area (TPSA) is 56.7 Å². The van der Waals surface area contributed by atoms with Crippen LogP contribution in [0.4, 0.5) is 0 Å². The molecule has 5 heteroatoms. The molecule has 104 valence electrons. The Kier molecular flexibility index (Phi) is 4.04. The standard InChI is InChI=1S/C14H21N3O2/c1-4-11-9-17(6-5-16(11)3)14(19)12-7-10(2)15-8-13(12)18/h7-8,11,18H,4-6,9H2,1-3H3/t11-/m0/s1. The number of carbonyl (C=O) groups excluding carboxylic acids is 1. The fourth-order valence-electron chi connectivity index (χ4n) is 2.47. The zero-order valence-corrected chi connectivity index (χ0v) is 11.8. The number of hydrogen-bond acceptors (Lipinski definition) is 4. The summed E-state index contributed by atoms with van der Waals surface area (Å²) >= 11 is 0. The van der Waals surface area contributed by atoms with E-state index in [4.69, 9.17) is 0 Å². The minimum absolute atomic E-state index is 0.0393. The Morgan fingerprint density at radius 1 is 1.53 bits per heavy atom. The van der Waals surface area contributed by atoms with Gasteiger partial charge in [-0.2, -0.15) is 0 Å². The van der Waals surface area contributed by atoms with E-state index in [-0.39, 0.29) is 11.7 Å². The predicted molar refractivity (Wildman–Crippen MR) is 73.3 cm³/mol. The summed E-state index contributed by atoms with van der Waals surface area (Å²) in [5, 5.41) is 9.79. The van der Waals surface area contributed by atoms with Crippen LogP contribution in [-0.2, 0) is 0 Å². The van der Waals surface area contributed by atoms with Gasteiger partial charge in [0.15, 0.2) is 0 Å². The number of carbonyl (C=O) groups is 1. The van der Waals surface area contributed by atoms with Crippen molar-refractivity contribution in [3.05, 3.63) is 23.5 Å². The zero-order valence-electron chi connectivity index (χ0n) is 11.8. The van der Waals surface area contributed by atoms with Gasteiger partial charge in [0.2, 0.25) is 0 Å². The van der Waals surface area contributed by atoms with E-state index < -0.39 is 0 Å². The van der Waals surface area contributed by atoms with Crippen LogP contribution in [0.15, 0.2) is 12.3 Å². The van der Waals surface area contributed by atoms with E-state index in [1.54, 1.807) is 6.07 Å². The summed E-state index contributed by atoms with van der Waals surface area (Å²) in [6.07, 6.45) is 2.36. The highest BCUT2D eigenvalue weighted by atomic mass is 16.3. The van der Waals surface area contributed by atoms with Gasteiger partial charge in [-0.1, -0.05) is 6.92 Å². The number of likely N-dealkylation sites (N-methyl/N-ethyl adjacent to an activating group) is 1. The number of aromatic hydroxyl groups is 1. The molecule has 0 radical (unpaired) electrons. The first kappa shape index (κ1) is 13.8. The average Bonchev–Trinajstić information content (AvgIpc) is 2.41. The van der Waals surface area contributed by atoms with Gasteiger partial charge in [-0.15, -0.1) is 0 Å². The van der Waals surface area contributed by atoms with Crippen molar-refractivity contribution in [3.63, 3.8) is 0 Å². The smallest absolute Gasteiger partial charge is 0.257 e. The highest BCUT2D eigenvalue weighted by Gasteiger charge is 2.28. The SMILES string of the molecule is CC[C@H]1CN(C(=O)c2cc(C)ncc2O)CCN1C. The summed E-state index contributed by atoms with van der Waals surface area (Å²) in [6, 6.07) is 2.04. The molecule has 1 saturated heterocycles. The van der Waals surface area contributed by atoms with E-state index in [1.165, 1.54) is 6.20 Å². The van der Waals surface area contributed by atoms with Gasteiger partial charge < -0.3 is 10.0 Å². The van der Waals surface area contributed by atoms with Crippen molar-refractivity contribution in [2.24, 2.45) is 0 Å². The van der Waals surface area contributed by atoms with Gasteiger partial charge in [-0.05, 0) is 26.5 Å². The van der Waals surface area contributed by atoms with Crippen molar-refractivity contribution < 1.29 is 9.90 Å². The Balaban J connectivity index is 2.18. The van der Waals surface area contributed by atoms with E-state index in [0.717, 1.165) is 18.7 Å². The summed E-state index contributed by atoms with van der Waals surface area (Å²) in [5.74, 6) is -0.142. The van der Waals surface area contributed by atoms with Crippen LogP contribution in [-0.4, -0.2) is 58.5 Å². The normalized spacial score (nSPS) is 20.6. The molecule has 0 aliphatic carbocycles. The molecule has 1 N–H and O–H groups in total. The largest absolute Gasteiger partial charge is 0.505 e. The quantitative estimate of drug-likeness (QED) is 0.873. The monoisotopic (exact) mass is 263 g/mol. The van der Waals surface area contributed by atoms with E-state index >= 15 is 0 Å². The van der Waals surface area contributed by atoms with Crippen LogP contribution in [0.25, 0.3) is 0 Å². The molecule has 19 heavy (non-hydrogen) atoms. The molecule has 2 rings (SSSR count). The molecular weight excluding hydrogens is 242 g/mol. The number of aryl methyl sites for hydroxylation is 1. The van der Waals surface area contributed by atoms with Crippen molar-refractivity contribution in [3.8, 4) is 5.75 Å². The van der Waals surface area contributed by atoms with Crippen molar-refractivity contribution in [1.82, 2.24) is 14.8 Å². The van der Waals surface area contributed by atoms with Crippen LogP contribution in [0.5, 0.6) is 5.75 Å². The summed E-state index contributed by atoms with van der Waals surface area (Å²) in [6.45, 7) is 6.23. The number of nitrogens with zero attached hydrogens (tertiary/aromatic N) is 3. The number of rotatable bonds is 2. The maximum atomic E-state index is 12.5. The molecule has 1 amide bonds.